The van der Waals surface area contributed by atoms with E-state index in [-0.39, 0.29) is 0 Å². The number of nitrogens with zero attached hydrogens (tertiary/aromatic N) is 3. The van der Waals surface area contributed by atoms with Crippen LogP contribution in [-0.4, -0.2) is 59.6 Å². The Bertz CT molecular complexity index is 238. The molecule has 0 amide bonds. The molecule has 5 nitrogen and oxygen atoms in total. The minimum absolute atomic E-state index is 0.317. The van der Waals surface area contributed by atoms with E-state index < -0.39 is 0 Å². The first kappa shape index (κ1) is 10.7. The topological polar surface area (TPSA) is 65.1 Å². The van der Waals surface area contributed by atoms with Crippen molar-refractivity contribution in [2.75, 3.05) is 32.7 Å². The van der Waals surface area contributed by atoms with Crippen molar-refractivity contribution in [1.82, 2.24) is 9.80 Å². The van der Waals surface area contributed by atoms with Crippen LogP contribution in [-0.2, 0) is 0 Å². The molecule has 0 aromatic heterocycles. The molecule has 0 bridgehead atoms. The largest absolute Gasteiger partial charge is 0.409 e. The Hall–Kier alpha value is -0.810. The van der Waals surface area contributed by atoms with Gasteiger partial charge in [0, 0.05) is 19.1 Å². The van der Waals surface area contributed by atoms with Gasteiger partial charge >= 0.3 is 0 Å². The fourth-order valence-electron chi connectivity index (χ4n) is 2.62. The molecule has 1 unspecified atom stereocenters. The van der Waals surface area contributed by atoms with Crippen LogP contribution in [0.15, 0.2) is 5.16 Å². The summed E-state index contributed by atoms with van der Waals surface area (Å²) >= 11 is 0. The Balaban J connectivity index is 1.78. The predicted molar refractivity (Wildman–Crippen MR) is 59.1 cm³/mol. The van der Waals surface area contributed by atoms with Crippen LogP contribution in [0.3, 0.4) is 0 Å². The Kier molecular flexibility index (Phi) is 3.43. The van der Waals surface area contributed by atoms with Crippen LogP contribution in [0.4, 0.5) is 0 Å². The number of hydrogen-bond donors (Lipinski definition) is 2. The molecule has 0 aromatic rings. The van der Waals surface area contributed by atoms with Crippen molar-refractivity contribution in [3.8, 4) is 0 Å². The Morgan fingerprint density at radius 1 is 1.33 bits per heavy atom. The third-order valence-electron chi connectivity index (χ3n) is 3.42. The minimum atomic E-state index is 0.317. The summed E-state index contributed by atoms with van der Waals surface area (Å²) in [6.45, 7) is 5.23. The molecule has 0 aromatic carbocycles. The fraction of sp³-hybridized carbons (Fsp3) is 0.900. The molecule has 2 fully saturated rings. The first-order chi connectivity index (χ1) is 7.29. The van der Waals surface area contributed by atoms with Gasteiger partial charge in [0.2, 0.25) is 0 Å². The van der Waals surface area contributed by atoms with Crippen LogP contribution in [0.5, 0.6) is 0 Å². The lowest BCUT2D eigenvalue weighted by molar-refractivity contribution is 0.238. The molecule has 2 rings (SSSR count). The Labute approximate surface area is 90.5 Å². The predicted octanol–water partition coefficient (Wildman–Crippen LogP) is -0.0971. The number of amidine groups is 1. The van der Waals surface area contributed by atoms with E-state index in [4.69, 9.17) is 10.9 Å². The highest BCUT2D eigenvalue weighted by Crippen LogP contribution is 2.19. The van der Waals surface area contributed by atoms with Crippen LogP contribution < -0.4 is 5.73 Å². The van der Waals surface area contributed by atoms with Gasteiger partial charge in [-0.2, -0.15) is 0 Å². The van der Waals surface area contributed by atoms with Crippen LogP contribution in [0.2, 0.25) is 0 Å². The lowest BCUT2D eigenvalue weighted by atomic mass is 10.2. The van der Waals surface area contributed by atoms with Crippen molar-refractivity contribution >= 4 is 5.84 Å². The molecule has 2 saturated heterocycles. The average Bonchev–Trinajstić information content (AvgIpc) is 2.85. The highest BCUT2D eigenvalue weighted by Gasteiger charge is 2.29. The molecular weight excluding hydrogens is 192 g/mol. The molecule has 1 atom stereocenters. The molecule has 3 N–H and O–H groups in total. The van der Waals surface area contributed by atoms with E-state index in [9.17, 15) is 0 Å². The number of likely N-dealkylation sites (tertiary alicyclic amines) is 2. The molecule has 15 heavy (non-hydrogen) atoms. The summed E-state index contributed by atoms with van der Waals surface area (Å²) in [5, 5.41) is 11.5. The van der Waals surface area contributed by atoms with Crippen molar-refractivity contribution in [2.45, 2.75) is 25.3 Å². The minimum Gasteiger partial charge on any atom is -0.409 e. The summed E-state index contributed by atoms with van der Waals surface area (Å²) in [5.41, 5.74) is 5.50. The van der Waals surface area contributed by atoms with Crippen molar-refractivity contribution in [2.24, 2.45) is 10.9 Å². The molecule has 2 aliphatic rings. The summed E-state index contributed by atoms with van der Waals surface area (Å²) < 4.78 is 0. The van der Waals surface area contributed by atoms with Gasteiger partial charge in [0.1, 0.15) is 0 Å². The second-order valence-electron chi connectivity index (χ2n) is 4.51. The quantitative estimate of drug-likeness (QED) is 0.297. The Morgan fingerprint density at radius 2 is 2.07 bits per heavy atom. The zero-order chi connectivity index (χ0) is 10.7. The second-order valence-corrected chi connectivity index (χ2v) is 4.51. The lowest BCUT2D eigenvalue weighted by Gasteiger charge is -2.23. The van der Waals surface area contributed by atoms with E-state index in [1.807, 2.05) is 0 Å². The molecule has 0 radical (unpaired) electrons. The maximum absolute atomic E-state index is 8.50. The molecule has 0 saturated carbocycles. The van der Waals surface area contributed by atoms with E-state index in [1.165, 1.54) is 32.4 Å². The van der Waals surface area contributed by atoms with Gasteiger partial charge < -0.3 is 10.9 Å². The number of oxime groups is 1. The summed E-state index contributed by atoms with van der Waals surface area (Å²) in [6.07, 6.45) is 3.91. The van der Waals surface area contributed by atoms with Crippen LogP contribution >= 0.6 is 0 Å². The monoisotopic (exact) mass is 212 g/mol. The summed E-state index contributed by atoms with van der Waals surface area (Å²) in [7, 11) is 0. The summed E-state index contributed by atoms with van der Waals surface area (Å²) in [4.78, 5) is 4.84. The second kappa shape index (κ2) is 4.81. The van der Waals surface area contributed by atoms with E-state index in [0.29, 0.717) is 18.4 Å². The van der Waals surface area contributed by atoms with Crippen molar-refractivity contribution in [3.63, 3.8) is 0 Å². The SMILES string of the molecule is NC(CN1CCC(N2CCCC2)C1)=NO. The van der Waals surface area contributed by atoms with Gasteiger partial charge in [-0.1, -0.05) is 5.16 Å². The van der Waals surface area contributed by atoms with Crippen LogP contribution in [0.1, 0.15) is 19.3 Å². The molecule has 86 valence electrons. The third kappa shape index (κ3) is 2.60. The number of hydrogen-bond acceptors (Lipinski definition) is 4. The standard InChI is InChI=1S/C10H20N4O/c11-10(12-15)8-13-6-3-9(7-13)14-4-1-2-5-14/h9,15H,1-8H2,(H2,11,12). The van der Waals surface area contributed by atoms with Gasteiger partial charge in [0.25, 0.3) is 0 Å². The smallest absolute Gasteiger partial charge is 0.153 e. The van der Waals surface area contributed by atoms with E-state index in [2.05, 4.69) is 15.0 Å². The van der Waals surface area contributed by atoms with Gasteiger partial charge in [-0.3, -0.25) is 9.80 Å². The molecule has 0 aliphatic carbocycles. The maximum Gasteiger partial charge on any atom is 0.153 e. The van der Waals surface area contributed by atoms with Crippen molar-refractivity contribution < 1.29 is 5.21 Å². The molecule has 2 aliphatic heterocycles. The summed E-state index contributed by atoms with van der Waals surface area (Å²) in [6, 6.07) is 0.694. The highest BCUT2D eigenvalue weighted by molar-refractivity contribution is 5.81. The highest BCUT2D eigenvalue weighted by atomic mass is 16.4. The van der Waals surface area contributed by atoms with Gasteiger partial charge in [0.15, 0.2) is 5.84 Å². The van der Waals surface area contributed by atoms with E-state index in [0.717, 1.165) is 13.1 Å². The van der Waals surface area contributed by atoms with Crippen molar-refractivity contribution in [3.05, 3.63) is 0 Å². The molecule has 5 heteroatoms. The molecule has 0 spiro atoms. The van der Waals surface area contributed by atoms with Crippen LogP contribution in [0, 0.1) is 0 Å². The zero-order valence-corrected chi connectivity index (χ0v) is 9.10. The molecular formula is C10H20N4O. The van der Waals surface area contributed by atoms with E-state index in [1.54, 1.807) is 0 Å². The van der Waals surface area contributed by atoms with Crippen LogP contribution in [0.25, 0.3) is 0 Å². The van der Waals surface area contributed by atoms with Gasteiger partial charge in [-0.05, 0) is 32.4 Å². The third-order valence-corrected chi connectivity index (χ3v) is 3.42. The Morgan fingerprint density at radius 3 is 2.73 bits per heavy atom. The van der Waals surface area contributed by atoms with Crippen molar-refractivity contribution in [1.29, 1.82) is 0 Å². The van der Waals surface area contributed by atoms with Gasteiger partial charge in [0.05, 0.1) is 6.54 Å². The lowest BCUT2D eigenvalue weighted by Crippen LogP contribution is -2.37. The van der Waals surface area contributed by atoms with E-state index >= 15 is 0 Å². The van der Waals surface area contributed by atoms with Gasteiger partial charge in [-0.25, -0.2) is 0 Å². The number of nitrogens with two attached hydrogens (primary N) is 1. The average molecular weight is 212 g/mol. The fourth-order valence-corrected chi connectivity index (χ4v) is 2.62. The maximum atomic E-state index is 8.50. The first-order valence-electron chi connectivity index (χ1n) is 5.72. The first-order valence-corrected chi connectivity index (χ1v) is 5.72. The number of rotatable bonds is 3. The van der Waals surface area contributed by atoms with Gasteiger partial charge in [-0.15, -0.1) is 0 Å². The zero-order valence-electron chi connectivity index (χ0n) is 9.10. The summed E-state index contributed by atoms with van der Waals surface area (Å²) in [5.74, 6) is 0.317. The normalized spacial score (nSPS) is 30.1. The molecule has 2 heterocycles.